The molecule has 26 heavy (non-hydrogen) atoms. The van der Waals surface area contributed by atoms with Gasteiger partial charge >= 0.3 is 5.97 Å². The van der Waals surface area contributed by atoms with Gasteiger partial charge in [-0.2, -0.15) is 0 Å². The van der Waals surface area contributed by atoms with Crippen LogP contribution in [0, 0.1) is 11.8 Å². The van der Waals surface area contributed by atoms with Gasteiger partial charge in [0.25, 0.3) is 0 Å². The van der Waals surface area contributed by atoms with Gasteiger partial charge in [-0.05, 0) is 39.0 Å². The summed E-state index contributed by atoms with van der Waals surface area (Å²) in [6.45, 7) is 1.72. The Morgan fingerprint density at radius 2 is 1.85 bits per heavy atom. The lowest BCUT2D eigenvalue weighted by molar-refractivity contribution is -0.137. The Morgan fingerprint density at radius 3 is 2.50 bits per heavy atom. The van der Waals surface area contributed by atoms with E-state index in [0.717, 1.165) is 25.7 Å². The van der Waals surface area contributed by atoms with Crippen LogP contribution in [0.4, 0.5) is 0 Å². The number of aliphatic carboxylic acids is 1. The van der Waals surface area contributed by atoms with Crippen LogP contribution in [0.25, 0.3) is 0 Å². The van der Waals surface area contributed by atoms with E-state index in [9.17, 15) is 24.9 Å². The second-order valence-electron chi connectivity index (χ2n) is 7.50. The number of carbonyl (C=O) groups is 2. The maximum atomic E-state index is 12.1. The van der Waals surface area contributed by atoms with E-state index in [1.807, 2.05) is 0 Å². The number of hydrogen-bond acceptors (Lipinski definition) is 5. The van der Waals surface area contributed by atoms with E-state index in [1.54, 1.807) is 19.1 Å². The van der Waals surface area contributed by atoms with Gasteiger partial charge in [0.1, 0.15) is 5.78 Å². The lowest BCUT2D eigenvalue weighted by Gasteiger charge is -2.18. The van der Waals surface area contributed by atoms with E-state index < -0.39 is 18.2 Å². The third-order valence-corrected chi connectivity index (χ3v) is 5.07. The normalized spacial score (nSPS) is 25.7. The van der Waals surface area contributed by atoms with Crippen molar-refractivity contribution in [3.63, 3.8) is 0 Å². The van der Waals surface area contributed by atoms with Crippen molar-refractivity contribution in [2.75, 3.05) is 0 Å². The second kappa shape index (κ2) is 12.2. The number of hydrogen-bond donors (Lipinski definition) is 4. The van der Waals surface area contributed by atoms with Crippen LogP contribution in [-0.2, 0) is 9.59 Å². The molecule has 1 aliphatic carbocycles. The number of rotatable bonds is 13. The minimum atomic E-state index is -0.781. The molecule has 150 valence electrons. The van der Waals surface area contributed by atoms with Gasteiger partial charge in [0.2, 0.25) is 0 Å². The Kier molecular flexibility index (Phi) is 10.7. The van der Waals surface area contributed by atoms with Crippen LogP contribution in [0.15, 0.2) is 12.2 Å². The van der Waals surface area contributed by atoms with Gasteiger partial charge < -0.3 is 20.4 Å². The first-order valence-electron chi connectivity index (χ1n) is 9.78. The highest BCUT2D eigenvalue weighted by atomic mass is 16.4. The third kappa shape index (κ3) is 8.92. The van der Waals surface area contributed by atoms with Crippen LogP contribution in [-0.4, -0.2) is 50.5 Å². The molecule has 0 aliphatic heterocycles. The zero-order valence-electron chi connectivity index (χ0n) is 15.7. The summed E-state index contributed by atoms with van der Waals surface area (Å²) in [5.74, 6) is -1.18. The van der Waals surface area contributed by atoms with E-state index in [1.165, 1.54) is 0 Å². The maximum absolute atomic E-state index is 12.1. The van der Waals surface area contributed by atoms with Crippen molar-refractivity contribution in [3.05, 3.63) is 12.2 Å². The number of aliphatic hydroxyl groups is 3. The average Bonchev–Trinajstić information content (AvgIpc) is 2.81. The predicted molar refractivity (Wildman–Crippen MR) is 98.6 cm³/mol. The highest BCUT2D eigenvalue weighted by molar-refractivity contribution is 5.84. The number of carboxylic acids is 1. The number of ketones is 1. The molecular weight excluding hydrogens is 336 g/mol. The first-order chi connectivity index (χ1) is 12.3. The molecular formula is C20H34O6. The van der Waals surface area contributed by atoms with E-state index in [-0.39, 0.29) is 36.6 Å². The fraction of sp³-hybridized carbons (Fsp3) is 0.800. The summed E-state index contributed by atoms with van der Waals surface area (Å²) in [5, 5.41) is 38.0. The van der Waals surface area contributed by atoms with Crippen LogP contribution >= 0.6 is 0 Å². The fourth-order valence-electron chi connectivity index (χ4n) is 3.56. The van der Waals surface area contributed by atoms with E-state index in [4.69, 9.17) is 5.11 Å². The molecule has 0 aromatic rings. The molecule has 4 N–H and O–H groups in total. The largest absolute Gasteiger partial charge is 0.481 e. The topological polar surface area (TPSA) is 115 Å². The first kappa shape index (κ1) is 22.8. The van der Waals surface area contributed by atoms with Gasteiger partial charge in [-0.25, -0.2) is 0 Å². The fourth-order valence-corrected chi connectivity index (χ4v) is 3.56. The highest BCUT2D eigenvalue weighted by Crippen LogP contribution is 2.34. The molecule has 0 saturated heterocycles. The van der Waals surface area contributed by atoms with Gasteiger partial charge in [0.05, 0.1) is 18.3 Å². The molecule has 1 aliphatic rings. The van der Waals surface area contributed by atoms with Crippen molar-refractivity contribution in [1.29, 1.82) is 0 Å². The Balaban J connectivity index is 2.39. The molecule has 1 rings (SSSR count). The van der Waals surface area contributed by atoms with Crippen molar-refractivity contribution in [2.24, 2.45) is 11.8 Å². The SMILES string of the molecule is C[C@H](O)CCC[C@H](O)/C=C/[C@H]1[C@H](O)CC(=O)[C@@H]1CCCCCCC(=O)O. The van der Waals surface area contributed by atoms with Crippen molar-refractivity contribution in [2.45, 2.75) is 89.4 Å². The van der Waals surface area contributed by atoms with Gasteiger partial charge in [0.15, 0.2) is 0 Å². The highest BCUT2D eigenvalue weighted by Gasteiger charge is 2.39. The molecule has 6 heteroatoms. The molecule has 0 aromatic heterocycles. The van der Waals surface area contributed by atoms with Gasteiger partial charge in [-0.1, -0.05) is 31.4 Å². The molecule has 5 atom stereocenters. The number of unbranched alkanes of at least 4 members (excludes halogenated alkanes) is 3. The number of carboxylic acid groups (broad SMARTS) is 1. The van der Waals surface area contributed by atoms with Crippen molar-refractivity contribution in [3.8, 4) is 0 Å². The standard InChI is InChI=1S/C20H34O6/c1-14(21)7-6-8-15(22)11-12-17-16(18(23)13-19(17)24)9-4-2-3-5-10-20(25)26/h11-12,14-17,19,21-22,24H,2-10,13H2,1H3,(H,25,26)/b12-11+/t14-,15-,16+,17+,19+/m0/s1. The molecule has 6 nitrogen and oxygen atoms in total. The summed E-state index contributed by atoms with van der Waals surface area (Å²) < 4.78 is 0. The minimum absolute atomic E-state index is 0.0706. The monoisotopic (exact) mass is 370 g/mol. The lowest BCUT2D eigenvalue weighted by Crippen LogP contribution is -2.19. The number of aliphatic hydroxyl groups excluding tert-OH is 3. The Labute approximate surface area is 155 Å². The van der Waals surface area contributed by atoms with E-state index >= 15 is 0 Å². The minimum Gasteiger partial charge on any atom is -0.481 e. The van der Waals surface area contributed by atoms with E-state index in [0.29, 0.717) is 25.7 Å². The van der Waals surface area contributed by atoms with E-state index in [2.05, 4.69) is 0 Å². The molecule has 0 unspecified atom stereocenters. The quantitative estimate of drug-likeness (QED) is 0.292. The van der Waals surface area contributed by atoms with Gasteiger partial charge in [-0.15, -0.1) is 0 Å². The van der Waals surface area contributed by atoms with Crippen molar-refractivity contribution in [1.82, 2.24) is 0 Å². The third-order valence-electron chi connectivity index (χ3n) is 5.07. The van der Waals surface area contributed by atoms with Gasteiger partial charge in [0, 0.05) is 24.7 Å². The summed E-state index contributed by atoms with van der Waals surface area (Å²) >= 11 is 0. The Bertz CT molecular complexity index is 459. The molecule has 0 spiro atoms. The smallest absolute Gasteiger partial charge is 0.303 e. The lowest BCUT2D eigenvalue weighted by atomic mass is 9.88. The maximum Gasteiger partial charge on any atom is 0.303 e. The Hall–Kier alpha value is -1.24. The van der Waals surface area contributed by atoms with Gasteiger partial charge in [-0.3, -0.25) is 9.59 Å². The predicted octanol–water partition coefficient (Wildman–Crippen LogP) is 2.45. The summed E-state index contributed by atoms with van der Waals surface area (Å²) in [5.41, 5.74) is 0. The van der Waals surface area contributed by atoms with Crippen LogP contribution in [0.5, 0.6) is 0 Å². The second-order valence-corrected chi connectivity index (χ2v) is 7.50. The van der Waals surface area contributed by atoms with Crippen LogP contribution in [0.2, 0.25) is 0 Å². The van der Waals surface area contributed by atoms with Crippen LogP contribution in [0.1, 0.15) is 71.1 Å². The van der Waals surface area contributed by atoms with Crippen molar-refractivity contribution >= 4 is 11.8 Å². The molecule has 1 fully saturated rings. The summed E-state index contributed by atoms with van der Waals surface area (Å²) in [7, 11) is 0. The summed E-state index contributed by atoms with van der Waals surface area (Å²) in [6.07, 6.45) is 7.88. The molecule has 0 radical (unpaired) electrons. The number of carbonyl (C=O) groups excluding carboxylic acids is 1. The zero-order chi connectivity index (χ0) is 19.5. The molecule has 1 saturated carbocycles. The molecule has 0 amide bonds. The first-order valence-corrected chi connectivity index (χ1v) is 9.78. The zero-order valence-corrected chi connectivity index (χ0v) is 15.7. The van der Waals surface area contributed by atoms with Crippen LogP contribution in [0.3, 0.4) is 0 Å². The van der Waals surface area contributed by atoms with Crippen molar-refractivity contribution < 1.29 is 30.0 Å². The summed E-state index contributed by atoms with van der Waals surface area (Å²) in [6, 6.07) is 0. The molecule has 0 bridgehead atoms. The Morgan fingerprint density at radius 1 is 1.15 bits per heavy atom. The molecule has 0 aromatic carbocycles. The van der Waals surface area contributed by atoms with Crippen LogP contribution < -0.4 is 0 Å². The molecule has 0 heterocycles. The average molecular weight is 370 g/mol. The summed E-state index contributed by atoms with van der Waals surface area (Å²) in [4.78, 5) is 22.6. The number of Topliss-reactive ketones (excluding diaryl/α,β-unsaturated/α-hetero) is 1.